The lowest BCUT2D eigenvalue weighted by atomic mass is 9.85. The normalized spacial score (nSPS) is 19.3. The lowest BCUT2D eigenvalue weighted by Gasteiger charge is -2.34. The summed E-state index contributed by atoms with van der Waals surface area (Å²) in [6.45, 7) is 9.88. The van der Waals surface area contributed by atoms with Gasteiger partial charge in [0.1, 0.15) is 12.1 Å². The van der Waals surface area contributed by atoms with E-state index in [9.17, 15) is 19.5 Å². The third-order valence-corrected chi connectivity index (χ3v) is 6.99. The number of rotatable bonds is 7. The SMILES string of the molecule is Cc1cc(-c2scnc2C)ccc1CNC(=O)C1CC(O)CN1C(=O)C(NC=O)C(C)(C)C. The number of β-amino-alcohol motifs (C(OH)–C–C–N with tert-alkyl or cyclic N) is 1. The van der Waals surface area contributed by atoms with Crippen LogP contribution >= 0.6 is 11.3 Å². The Morgan fingerprint density at radius 1 is 1.33 bits per heavy atom. The number of aromatic nitrogens is 1. The summed E-state index contributed by atoms with van der Waals surface area (Å²) in [5.41, 5.74) is 5.38. The van der Waals surface area contributed by atoms with Gasteiger partial charge in [-0.15, -0.1) is 11.3 Å². The fraction of sp³-hybridized carbons (Fsp3) is 0.500. The molecule has 3 atom stereocenters. The summed E-state index contributed by atoms with van der Waals surface area (Å²) >= 11 is 1.59. The van der Waals surface area contributed by atoms with E-state index in [1.54, 1.807) is 11.3 Å². The third-order valence-electron chi connectivity index (χ3n) is 6.02. The van der Waals surface area contributed by atoms with Crippen molar-refractivity contribution in [3.8, 4) is 10.4 Å². The Morgan fingerprint density at radius 3 is 2.64 bits per heavy atom. The summed E-state index contributed by atoms with van der Waals surface area (Å²) in [6, 6.07) is 4.50. The van der Waals surface area contributed by atoms with E-state index in [2.05, 4.69) is 21.7 Å². The van der Waals surface area contributed by atoms with Gasteiger partial charge in [-0.2, -0.15) is 0 Å². The van der Waals surface area contributed by atoms with Crippen LogP contribution in [0.3, 0.4) is 0 Å². The number of aryl methyl sites for hydroxylation is 2. The number of aliphatic hydroxyl groups excluding tert-OH is 1. The van der Waals surface area contributed by atoms with Crippen LogP contribution in [0.4, 0.5) is 0 Å². The third kappa shape index (κ3) is 5.59. The molecule has 0 aliphatic carbocycles. The number of aliphatic hydroxyl groups is 1. The molecule has 0 bridgehead atoms. The number of likely N-dealkylation sites (tertiary alicyclic amines) is 1. The summed E-state index contributed by atoms with van der Waals surface area (Å²) in [5, 5.41) is 15.7. The second kappa shape index (κ2) is 10.0. The van der Waals surface area contributed by atoms with Crippen LogP contribution in [-0.4, -0.2) is 57.9 Å². The summed E-state index contributed by atoms with van der Waals surface area (Å²) in [5.74, 6) is -0.688. The second-order valence-corrected chi connectivity index (χ2v) is 10.5. The van der Waals surface area contributed by atoms with E-state index < -0.39 is 23.6 Å². The van der Waals surface area contributed by atoms with Crippen molar-refractivity contribution >= 4 is 29.6 Å². The van der Waals surface area contributed by atoms with Crippen molar-refractivity contribution in [2.24, 2.45) is 5.41 Å². The average molecular weight is 473 g/mol. The van der Waals surface area contributed by atoms with Crippen LogP contribution in [0.1, 0.15) is 44.0 Å². The molecular weight excluding hydrogens is 440 g/mol. The molecule has 33 heavy (non-hydrogen) atoms. The van der Waals surface area contributed by atoms with Crippen molar-refractivity contribution in [3.05, 3.63) is 40.5 Å². The van der Waals surface area contributed by atoms with E-state index in [1.165, 1.54) is 4.90 Å². The minimum Gasteiger partial charge on any atom is -0.391 e. The van der Waals surface area contributed by atoms with E-state index in [-0.39, 0.29) is 24.8 Å². The van der Waals surface area contributed by atoms with Gasteiger partial charge in [-0.1, -0.05) is 39.0 Å². The van der Waals surface area contributed by atoms with Crippen molar-refractivity contribution in [2.45, 2.75) is 65.8 Å². The maximum Gasteiger partial charge on any atom is 0.246 e. The van der Waals surface area contributed by atoms with Crippen LogP contribution in [0.5, 0.6) is 0 Å². The Kier molecular flexibility index (Phi) is 7.54. The standard InChI is InChI=1S/C24H32N4O4S/c1-14-8-16(20-15(2)27-13-33-20)6-7-17(14)10-25-22(31)19-9-18(30)11-28(19)23(32)21(26-12-29)24(3,4)5/h6-8,12-13,18-19,21,30H,9-11H2,1-5H3,(H,25,31)(H,26,29). The fourth-order valence-corrected chi connectivity index (χ4v) is 4.95. The van der Waals surface area contributed by atoms with Gasteiger partial charge in [0.25, 0.3) is 0 Å². The first-order valence-electron chi connectivity index (χ1n) is 11.0. The van der Waals surface area contributed by atoms with Crippen LogP contribution in [-0.2, 0) is 20.9 Å². The zero-order valence-corrected chi connectivity index (χ0v) is 20.5. The molecule has 1 saturated heterocycles. The van der Waals surface area contributed by atoms with E-state index in [0.717, 1.165) is 27.3 Å². The number of amides is 3. The van der Waals surface area contributed by atoms with Crippen LogP contribution in [0.15, 0.2) is 23.7 Å². The van der Waals surface area contributed by atoms with Crippen LogP contribution in [0, 0.1) is 19.3 Å². The molecule has 9 heteroatoms. The minimum atomic E-state index is -0.791. The van der Waals surface area contributed by atoms with Gasteiger partial charge in [-0.3, -0.25) is 14.4 Å². The van der Waals surface area contributed by atoms with Gasteiger partial charge in [0.05, 0.1) is 22.2 Å². The van der Waals surface area contributed by atoms with E-state index in [4.69, 9.17) is 0 Å². The Morgan fingerprint density at radius 2 is 2.06 bits per heavy atom. The molecular formula is C24H32N4O4S. The number of thiazole rings is 1. The highest BCUT2D eigenvalue weighted by Gasteiger charge is 2.43. The smallest absolute Gasteiger partial charge is 0.246 e. The molecule has 0 spiro atoms. The van der Waals surface area contributed by atoms with Crippen molar-refractivity contribution in [1.29, 1.82) is 0 Å². The Labute approximate surface area is 198 Å². The van der Waals surface area contributed by atoms with Gasteiger partial charge >= 0.3 is 0 Å². The van der Waals surface area contributed by atoms with Crippen LogP contribution in [0.2, 0.25) is 0 Å². The molecule has 2 heterocycles. The second-order valence-electron chi connectivity index (χ2n) is 9.61. The fourth-order valence-electron chi connectivity index (χ4n) is 4.15. The molecule has 1 aromatic heterocycles. The van der Waals surface area contributed by atoms with Crippen molar-refractivity contribution in [2.75, 3.05) is 6.54 Å². The van der Waals surface area contributed by atoms with Gasteiger partial charge in [0, 0.05) is 19.5 Å². The first-order valence-corrected chi connectivity index (χ1v) is 11.9. The molecule has 3 rings (SSSR count). The largest absolute Gasteiger partial charge is 0.391 e. The summed E-state index contributed by atoms with van der Waals surface area (Å²) in [6.07, 6.45) is -0.126. The highest BCUT2D eigenvalue weighted by atomic mass is 32.1. The van der Waals surface area contributed by atoms with Crippen LogP contribution < -0.4 is 10.6 Å². The predicted molar refractivity (Wildman–Crippen MR) is 127 cm³/mol. The molecule has 1 fully saturated rings. The number of carbonyl (C=O) groups is 3. The van der Waals surface area contributed by atoms with E-state index >= 15 is 0 Å². The van der Waals surface area contributed by atoms with Gasteiger partial charge in [0.2, 0.25) is 18.2 Å². The van der Waals surface area contributed by atoms with Gasteiger partial charge in [0.15, 0.2) is 0 Å². The number of hydrogen-bond donors (Lipinski definition) is 3. The van der Waals surface area contributed by atoms with Crippen molar-refractivity contribution < 1.29 is 19.5 Å². The maximum absolute atomic E-state index is 13.2. The highest BCUT2D eigenvalue weighted by Crippen LogP contribution is 2.29. The topological polar surface area (TPSA) is 112 Å². The Hall–Kier alpha value is -2.78. The van der Waals surface area contributed by atoms with E-state index in [1.807, 2.05) is 52.3 Å². The molecule has 0 saturated carbocycles. The van der Waals surface area contributed by atoms with Gasteiger partial charge < -0.3 is 20.6 Å². The molecule has 3 amide bonds. The maximum atomic E-state index is 13.2. The summed E-state index contributed by atoms with van der Waals surface area (Å²) < 4.78 is 0. The molecule has 3 unspecified atom stereocenters. The zero-order chi connectivity index (χ0) is 24.3. The van der Waals surface area contributed by atoms with Gasteiger partial charge in [-0.25, -0.2) is 4.98 Å². The van der Waals surface area contributed by atoms with E-state index in [0.29, 0.717) is 13.0 Å². The summed E-state index contributed by atoms with van der Waals surface area (Å²) in [4.78, 5) is 44.0. The molecule has 2 aromatic rings. The summed E-state index contributed by atoms with van der Waals surface area (Å²) in [7, 11) is 0. The number of nitrogens with one attached hydrogen (secondary N) is 2. The number of nitrogens with zero attached hydrogens (tertiary/aromatic N) is 2. The minimum absolute atomic E-state index is 0.0615. The van der Waals surface area contributed by atoms with Crippen molar-refractivity contribution in [1.82, 2.24) is 20.5 Å². The zero-order valence-electron chi connectivity index (χ0n) is 19.7. The molecule has 0 radical (unpaired) electrons. The Bertz CT molecular complexity index is 1030. The highest BCUT2D eigenvalue weighted by molar-refractivity contribution is 7.13. The number of benzene rings is 1. The van der Waals surface area contributed by atoms with Crippen LogP contribution in [0.25, 0.3) is 10.4 Å². The average Bonchev–Trinajstić information content (AvgIpc) is 3.35. The number of hydrogen-bond acceptors (Lipinski definition) is 6. The molecule has 8 nitrogen and oxygen atoms in total. The predicted octanol–water partition coefficient (Wildman–Crippen LogP) is 2.17. The lowest BCUT2D eigenvalue weighted by molar-refractivity contribution is -0.143. The quantitative estimate of drug-likeness (QED) is 0.535. The molecule has 3 N–H and O–H groups in total. The number of carbonyl (C=O) groups excluding carboxylic acids is 3. The first kappa shape index (κ1) is 24.9. The first-order chi connectivity index (χ1) is 15.5. The van der Waals surface area contributed by atoms with Gasteiger partial charge in [-0.05, 0) is 36.0 Å². The lowest BCUT2D eigenvalue weighted by Crippen LogP contribution is -2.56. The van der Waals surface area contributed by atoms with Crippen molar-refractivity contribution in [3.63, 3.8) is 0 Å². The molecule has 178 valence electrons. The molecule has 1 aliphatic heterocycles. The molecule has 1 aliphatic rings. The molecule has 1 aromatic carbocycles. The Balaban J connectivity index is 1.70. The monoisotopic (exact) mass is 472 g/mol.